The van der Waals surface area contributed by atoms with E-state index in [2.05, 4.69) is 4.72 Å². The Morgan fingerprint density at radius 2 is 1.62 bits per heavy atom. The van der Waals surface area contributed by atoms with Crippen molar-refractivity contribution in [2.75, 3.05) is 0 Å². The van der Waals surface area contributed by atoms with Crippen molar-refractivity contribution in [1.29, 1.82) is 0 Å². The summed E-state index contributed by atoms with van der Waals surface area (Å²) >= 11 is 0. The Hall–Kier alpha value is -1.57. The zero-order chi connectivity index (χ0) is 19.2. The van der Waals surface area contributed by atoms with Crippen molar-refractivity contribution in [2.45, 2.75) is 63.6 Å². The second-order valence-corrected chi connectivity index (χ2v) is 9.60. The van der Waals surface area contributed by atoms with Gasteiger partial charge in [0.05, 0.1) is 16.1 Å². The zero-order valence-electron chi connectivity index (χ0n) is 16.0. The smallest absolute Gasteiger partial charge is 0.399 e. The molecule has 26 heavy (non-hydrogen) atoms. The highest BCUT2D eigenvalue weighted by molar-refractivity contribution is 7.89. The second kappa shape index (κ2) is 6.55. The Kier molecular flexibility index (Phi) is 4.84. The second-order valence-electron chi connectivity index (χ2n) is 7.92. The van der Waals surface area contributed by atoms with Crippen LogP contribution in [0.4, 0.5) is 0 Å². The van der Waals surface area contributed by atoms with Crippen LogP contribution in [0.15, 0.2) is 52.5 Å². The van der Waals surface area contributed by atoms with Gasteiger partial charge in [-0.05, 0) is 71.1 Å². The molecule has 3 rings (SSSR count). The SMILES string of the molecule is Cc1ccc(S(=O)(=O)NC2=CC(B3OC(C)(C)C(C)(C)O3)=CCC2)cc1. The molecule has 0 amide bonds. The minimum atomic E-state index is -3.60. The highest BCUT2D eigenvalue weighted by Gasteiger charge is 2.52. The lowest BCUT2D eigenvalue weighted by molar-refractivity contribution is 0.00578. The summed E-state index contributed by atoms with van der Waals surface area (Å²) < 4.78 is 40.1. The number of rotatable bonds is 4. The van der Waals surface area contributed by atoms with Gasteiger partial charge in [-0.2, -0.15) is 0 Å². The molecule has 0 spiro atoms. The van der Waals surface area contributed by atoms with Gasteiger partial charge in [0, 0.05) is 5.70 Å². The lowest BCUT2D eigenvalue weighted by atomic mass is 9.75. The van der Waals surface area contributed by atoms with Gasteiger partial charge in [-0.25, -0.2) is 8.42 Å². The lowest BCUT2D eigenvalue weighted by Crippen LogP contribution is -2.41. The van der Waals surface area contributed by atoms with Crippen LogP contribution in [-0.4, -0.2) is 26.7 Å². The summed E-state index contributed by atoms with van der Waals surface area (Å²) in [4.78, 5) is 0.260. The van der Waals surface area contributed by atoms with Crippen LogP contribution in [0, 0.1) is 6.92 Å². The summed E-state index contributed by atoms with van der Waals surface area (Å²) in [6, 6.07) is 6.82. The van der Waals surface area contributed by atoms with Crippen molar-refractivity contribution in [3.63, 3.8) is 0 Å². The first-order valence-electron chi connectivity index (χ1n) is 8.86. The first-order chi connectivity index (χ1) is 12.0. The van der Waals surface area contributed by atoms with Crippen LogP contribution >= 0.6 is 0 Å². The molecule has 1 aliphatic carbocycles. The average Bonchev–Trinajstić information content (AvgIpc) is 2.76. The van der Waals surface area contributed by atoms with Gasteiger partial charge in [0.2, 0.25) is 0 Å². The molecule has 0 radical (unpaired) electrons. The van der Waals surface area contributed by atoms with Crippen molar-refractivity contribution in [1.82, 2.24) is 4.72 Å². The maximum absolute atomic E-state index is 12.6. The third kappa shape index (κ3) is 3.75. The van der Waals surface area contributed by atoms with Gasteiger partial charge in [-0.1, -0.05) is 23.8 Å². The Morgan fingerprint density at radius 3 is 2.19 bits per heavy atom. The van der Waals surface area contributed by atoms with Crippen molar-refractivity contribution in [3.8, 4) is 0 Å². The third-order valence-electron chi connectivity index (χ3n) is 5.26. The molecule has 1 saturated heterocycles. The van der Waals surface area contributed by atoms with Crippen molar-refractivity contribution < 1.29 is 17.7 Å². The maximum atomic E-state index is 12.6. The van der Waals surface area contributed by atoms with Gasteiger partial charge >= 0.3 is 7.12 Å². The summed E-state index contributed by atoms with van der Waals surface area (Å²) in [5, 5.41) is 0. The number of hydrogen-bond acceptors (Lipinski definition) is 4. The van der Waals surface area contributed by atoms with Crippen LogP contribution in [-0.2, 0) is 19.3 Å². The molecule has 0 unspecified atom stereocenters. The fourth-order valence-corrected chi connectivity index (χ4v) is 4.02. The average molecular weight is 375 g/mol. The number of sulfonamides is 1. The van der Waals surface area contributed by atoms with Crippen LogP contribution < -0.4 is 4.72 Å². The molecule has 1 aromatic rings. The third-order valence-corrected chi connectivity index (χ3v) is 6.68. The van der Waals surface area contributed by atoms with Gasteiger partial charge in [0.15, 0.2) is 0 Å². The minimum absolute atomic E-state index is 0.260. The van der Waals surface area contributed by atoms with E-state index in [0.717, 1.165) is 17.5 Å². The van der Waals surface area contributed by atoms with Crippen LogP contribution in [0.5, 0.6) is 0 Å². The summed E-state index contributed by atoms with van der Waals surface area (Å²) in [6.07, 6.45) is 5.25. The van der Waals surface area contributed by atoms with Crippen LogP contribution in [0.25, 0.3) is 0 Å². The molecule has 1 aromatic carbocycles. The molecular formula is C19H26BNO4S. The molecule has 5 nitrogen and oxygen atoms in total. The molecular weight excluding hydrogens is 349 g/mol. The molecule has 7 heteroatoms. The molecule has 0 saturated carbocycles. The number of benzene rings is 1. The molecule has 2 aliphatic rings. The maximum Gasteiger partial charge on any atom is 0.494 e. The van der Waals surface area contributed by atoms with E-state index < -0.39 is 28.3 Å². The quantitative estimate of drug-likeness (QED) is 0.818. The molecule has 1 aliphatic heterocycles. The Labute approximate surface area is 156 Å². The molecule has 0 aromatic heterocycles. The Balaban J connectivity index is 1.78. The topological polar surface area (TPSA) is 64.6 Å². The van der Waals surface area contributed by atoms with Crippen molar-refractivity contribution in [2.24, 2.45) is 0 Å². The molecule has 0 bridgehead atoms. The predicted molar refractivity (Wildman–Crippen MR) is 103 cm³/mol. The van der Waals surface area contributed by atoms with E-state index in [1.807, 2.05) is 46.8 Å². The van der Waals surface area contributed by atoms with Gasteiger partial charge in [-0.15, -0.1) is 0 Å². The predicted octanol–water partition coefficient (Wildman–Crippen LogP) is 3.51. The largest absolute Gasteiger partial charge is 0.494 e. The lowest BCUT2D eigenvalue weighted by Gasteiger charge is -2.32. The van der Waals surface area contributed by atoms with E-state index in [9.17, 15) is 8.42 Å². The van der Waals surface area contributed by atoms with Crippen molar-refractivity contribution >= 4 is 17.1 Å². The number of nitrogens with one attached hydrogen (secondary N) is 1. The Bertz CT molecular complexity index is 838. The van der Waals surface area contributed by atoms with Gasteiger partial charge in [0.1, 0.15) is 0 Å². The van der Waals surface area contributed by atoms with E-state index in [1.54, 1.807) is 24.3 Å². The van der Waals surface area contributed by atoms with Gasteiger partial charge in [0.25, 0.3) is 10.0 Å². The van der Waals surface area contributed by atoms with Gasteiger partial charge < -0.3 is 9.31 Å². The summed E-state index contributed by atoms with van der Waals surface area (Å²) in [6.45, 7) is 9.93. The summed E-state index contributed by atoms with van der Waals surface area (Å²) in [5.74, 6) is 0. The van der Waals surface area contributed by atoms with Crippen LogP contribution in [0.3, 0.4) is 0 Å². The van der Waals surface area contributed by atoms with E-state index >= 15 is 0 Å². The van der Waals surface area contributed by atoms with Crippen LogP contribution in [0.2, 0.25) is 0 Å². The van der Waals surface area contributed by atoms with Crippen molar-refractivity contribution in [3.05, 3.63) is 53.2 Å². The highest BCUT2D eigenvalue weighted by atomic mass is 32.2. The number of allylic oxidation sites excluding steroid dienone is 4. The standard InChI is InChI=1S/C19H26BNO4S/c1-14-9-11-17(12-10-14)26(22,23)21-16-8-6-7-15(13-16)20-24-18(2,3)19(4,5)25-20/h7,9-13,21H,6,8H2,1-5H3. The fourth-order valence-electron chi connectivity index (χ4n) is 2.90. The molecule has 140 valence electrons. The molecule has 0 atom stereocenters. The number of hydrogen-bond donors (Lipinski definition) is 1. The fraction of sp³-hybridized carbons (Fsp3) is 0.474. The van der Waals surface area contributed by atoms with E-state index in [1.165, 1.54) is 0 Å². The Morgan fingerprint density at radius 1 is 1.04 bits per heavy atom. The molecule has 1 heterocycles. The molecule has 1 N–H and O–H groups in total. The van der Waals surface area contributed by atoms with E-state index in [-0.39, 0.29) is 4.90 Å². The van der Waals surface area contributed by atoms with E-state index in [0.29, 0.717) is 12.1 Å². The first kappa shape index (κ1) is 19.2. The van der Waals surface area contributed by atoms with Crippen LogP contribution in [0.1, 0.15) is 46.1 Å². The summed E-state index contributed by atoms with van der Waals surface area (Å²) in [7, 11) is -4.08. The van der Waals surface area contributed by atoms with E-state index in [4.69, 9.17) is 9.31 Å². The zero-order valence-corrected chi connectivity index (χ0v) is 16.8. The summed E-state index contributed by atoms with van der Waals surface area (Å²) in [5.41, 5.74) is 1.68. The monoisotopic (exact) mass is 375 g/mol. The normalized spacial score (nSPS) is 22.0. The van der Waals surface area contributed by atoms with Gasteiger partial charge in [-0.3, -0.25) is 4.72 Å². The number of aryl methyl sites for hydroxylation is 1. The first-order valence-corrected chi connectivity index (χ1v) is 10.3. The highest BCUT2D eigenvalue weighted by Crippen LogP contribution is 2.39. The molecule has 1 fully saturated rings. The minimum Gasteiger partial charge on any atom is -0.399 e.